The number of carbonyl (C=O) groups excluding carboxylic acids is 2. The van der Waals surface area contributed by atoms with Gasteiger partial charge in [0.1, 0.15) is 23.2 Å². The summed E-state index contributed by atoms with van der Waals surface area (Å²) in [6, 6.07) is 8.67. The first-order valence-electron chi connectivity index (χ1n) is 7.86. The maximum Gasteiger partial charge on any atom is 0.338 e. The Kier molecular flexibility index (Phi) is 5.86. The molecule has 1 aromatic rings. The second-order valence-electron chi connectivity index (χ2n) is 5.41. The summed E-state index contributed by atoms with van der Waals surface area (Å²) in [6.07, 6.45) is 0. The van der Waals surface area contributed by atoms with E-state index in [1.807, 2.05) is 6.07 Å². The van der Waals surface area contributed by atoms with E-state index in [0.717, 1.165) is 0 Å². The number of hydrogen-bond donors (Lipinski definition) is 2. The van der Waals surface area contributed by atoms with E-state index in [9.17, 15) is 14.9 Å². The predicted molar refractivity (Wildman–Crippen MR) is 91.1 cm³/mol. The molecular formula is C18H19N3O5. The molecule has 4 N–H and O–H groups in total. The fourth-order valence-corrected chi connectivity index (χ4v) is 2.67. The Balaban J connectivity index is 2.61. The first-order valence-corrected chi connectivity index (χ1v) is 7.86. The number of nitrogens with zero attached hydrogens (tertiary/aromatic N) is 1. The average Bonchev–Trinajstić information content (AvgIpc) is 2.59. The molecule has 1 unspecified atom stereocenters. The van der Waals surface area contributed by atoms with Crippen LogP contribution in [0.2, 0.25) is 0 Å². The number of esters is 1. The van der Waals surface area contributed by atoms with Crippen LogP contribution in [0.25, 0.3) is 0 Å². The summed E-state index contributed by atoms with van der Waals surface area (Å²) in [4.78, 5) is 23.5. The molecule has 1 aliphatic rings. The molecule has 8 nitrogen and oxygen atoms in total. The van der Waals surface area contributed by atoms with E-state index < -0.39 is 17.8 Å². The molecular weight excluding hydrogens is 338 g/mol. The summed E-state index contributed by atoms with van der Waals surface area (Å²) >= 11 is 0. The normalized spacial score (nSPS) is 16.6. The van der Waals surface area contributed by atoms with Crippen molar-refractivity contribution in [3.05, 3.63) is 52.6 Å². The number of hydrogen-bond acceptors (Lipinski definition) is 7. The molecule has 1 aromatic carbocycles. The fraction of sp³-hybridized carbons (Fsp3) is 0.278. The lowest BCUT2D eigenvalue weighted by Gasteiger charge is -2.27. The Morgan fingerprint density at radius 2 is 2.04 bits per heavy atom. The second-order valence-corrected chi connectivity index (χ2v) is 5.41. The topological polar surface area (TPSA) is 138 Å². The van der Waals surface area contributed by atoms with Crippen molar-refractivity contribution in [2.24, 2.45) is 11.5 Å². The van der Waals surface area contributed by atoms with Crippen LogP contribution < -0.4 is 16.2 Å². The molecule has 0 saturated heterocycles. The molecule has 1 atom stereocenters. The fourth-order valence-electron chi connectivity index (χ4n) is 2.67. The van der Waals surface area contributed by atoms with Gasteiger partial charge in [0.05, 0.1) is 18.1 Å². The number of rotatable bonds is 6. The molecule has 8 heteroatoms. The molecule has 0 aliphatic carbocycles. The first-order chi connectivity index (χ1) is 12.4. The van der Waals surface area contributed by atoms with Crippen molar-refractivity contribution >= 4 is 11.9 Å². The lowest BCUT2D eigenvalue weighted by atomic mass is 9.82. The number of amides is 1. The van der Waals surface area contributed by atoms with Crippen LogP contribution in [0.15, 0.2) is 47.1 Å². The van der Waals surface area contributed by atoms with Crippen LogP contribution >= 0.6 is 0 Å². The van der Waals surface area contributed by atoms with Crippen molar-refractivity contribution in [1.29, 1.82) is 5.26 Å². The van der Waals surface area contributed by atoms with Gasteiger partial charge in [0.2, 0.25) is 5.88 Å². The number of para-hydroxylation sites is 1. The van der Waals surface area contributed by atoms with Gasteiger partial charge in [-0.15, -0.1) is 0 Å². The van der Waals surface area contributed by atoms with Crippen molar-refractivity contribution in [2.45, 2.75) is 19.8 Å². The third-order valence-electron chi connectivity index (χ3n) is 3.70. The molecule has 2 rings (SSSR count). The van der Waals surface area contributed by atoms with Crippen LogP contribution in [-0.2, 0) is 19.1 Å². The van der Waals surface area contributed by atoms with Crippen LogP contribution in [0.5, 0.6) is 5.75 Å². The minimum absolute atomic E-state index is 0.0498. The van der Waals surface area contributed by atoms with Crippen LogP contribution in [0.3, 0.4) is 0 Å². The van der Waals surface area contributed by atoms with E-state index in [-0.39, 0.29) is 36.0 Å². The second kappa shape index (κ2) is 8.07. The van der Waals surface area contributed by atoms with Crippen molar-refractivity contribution < 1.29 is 23.8 Å². The van der Waals surface area contributed by atoms with Gasteiger partial charge in [0.25, 0.3) is 5.91 Å². The zero-order valence-electron chi connectivity index (χ0n) is 14.4. The Hall–Kier alpha value is -3.47. The summed E-state index contributed by atoms with van der Waals surface area (Å²) in [5.74, 6) is -1.70. The van der Waals surface area contributed by atoms with Gasteiger partial charge >= 0.3 is 5.97 Å². The highest BCUT2D eigenvalue weighted by molar-refractivity contribution is 5.92. The predicted octanol–water partition coefficient (Wildman–Crippen LogP) is 1.20. The van der Waals surface area contributed by atoms with Crippen molar-refractivity contribution in [3.63, 3.8) is 0 Å². The van der Waals surface area contributed by atoms with Gasteiger partial charge in [-0.1, -0.05) is 18.2 Å². The quantitative estimate of drug-likeness (QED) is 0.729. The molecule has 1 amide bonds. The van der Waals surface area contributed by atoms with Gasteiger partial charge in [-0.2, -0.15) is 5.26 Å². The zero-order valence-corrected chi connectivity index (χ0v) is 14.4. The number of primary amides is 1. The summed E-state index contributed by atoms with van der Waals surface area (Å²) < 4.78 is 15.9. The standard InChI is InChI=1S/C18H19N3O5/c1-3-24-18(23)15-10(2)26-17(21)12(8-19)16(15)11-6-4-5-7-13(11)25-9-14(20)22/h4-7,16H,3,9,21H2,1-2H3,(H2,20,22). The molecule has 0 saturated carbocycles. The molecule has 0 fully saturated rings. The molecule has 1 heterocycles. The van der Waals surface area contributed by atoms with Crippen LogP contribution in [0.4, 0.5) is 0 Å². The Morgan fingerprint density at radius 1 is 1.35 bits per heavy atom. The van der Waals surface area contributed by atoms with Gasteiger partial charge in [-0.05, 0) is 19.9 Å². The SMILES string of the molecule is CCOC(=O)C1=C(C)OC(N)=C(C#N)C1c1ccccc1OCC(N)=O. The summed E-state index contributed by atoms with van der Waals surface area (Å²) in [5, 5.41) is 9.56. The molecule has 0 spiro atoms. The smallest absolute Gasteiger partial charge is 0.338 e. The van der Waals surface area contributed by atoms with E-state index in [2.05, 4.69) is 0 Å². The monoisotopic (exact) mass is 357 g/mol. The molecule has 1 aliphatic heterocycles. The van der Waals surface area contributed by atoms with Crippen molar-refractivity contribution in [1.82, 2.24) is 0 Å². The highest BCUT2D eigenvalue weighted by Gasteiger charge is 2.37. The zero-order chi connectivity index (χ0) is 19.3. The van der Waals surface area contributed by atoms with Gasteiger partial charge < -0.3 is 25.7 Å². The summed E-state index contributed by atoms with van der Waals surface area (Å²) in [7, 11) is 0. The van der Waals surface area contributed by atoms with E-state index >= 15 is 0 Å². The number of allylic oxidation sites excluding steroid dienone is 2. The van der Waals surface area contributed by atoms with E-state index in [1.54, 1.807) is 38.1 Å². The number of nitrogens with two attached hydrogens (primary N) is 2. The van der Waals surface area contributed by atoms with Crippen LogP contribution in [-0.4, -0.2) is 25.1 Å². The minimum Gasteiger partial charge on any atom is -0.483 e. The summed E-state index contributed by atoms with van der Waals surface area (Å²) in [5.41, 5.74) is 11.6. The van der Waals surface area contributed by atoms with Crippen LogP contribution in [0, 0.1) is 11.3 Å². The van der Waals surface area contributed by atoms with E-state index in [1.165, 1.54) is 0 Å². The average molecular weight is 357 g/mol. The van der Waals surface area contributed by atoms with Gasteiger partial charge in [-0.25, -0.2) is 4.79 Å². The first kappa shape index (κ1) is 18.9. The number of nitriles is 1. The lowest BCUT2D eigenvalue weighted by molar-refractivity contribution is -0.139. The van der Waals surface area contributed by atoms with Gasteiger partial charge in [-0.3, -0.25) is 4.79 Å². The Bertz CT molecular complexity index is 835. The van der Waals surface area contributed by atoms with Gasteiger partial charge in [0, 0.05) is 5.56 Å². The molecule has 0 bridgehead atoms. The third kappa shape index (κ3) is 3.78. The third-order valence-corrected chi connectivity index (χ3v) is 3.70. The highest BCUT2D eigenvalue weighted by Crippen LogP contribution is 2.42. The molecule has 0 radical (unpaired) electrons. The molecule has 0 aromatic heterocycles. The van der Waals surface area contributed by atoms with Crippen molar-refractivity contribution in [3.8, 4) is 11.8 Å². The highest BCUT2D eigenvalue weighted by atomic mass is 16.5. The van der Waals surface area contributed by atoms with E-state index in [4.69, 9.17) is 25.7 Å². The Morgan fingerprint density at radius 3 is 2.65 bits per heavy atom. The van der Waals surface area contributed by atoms with Crippen molar-refractivity contribution in [2.75, 3.05) is 13.2 Å². The molecule has 136 valence electrons. The lowest BCUT2D eigenvalue weighted by Crippen LogP contribution is -2.26. The van der Waals surface area contributed by atoms with Gasteiger partial charge in [0.15, 0.2) is 6.61 Å². The largest absolute Gasteiger partial charge is 0.483 e. The minimum atomic E-state index is -0.850. The Labute approximate surface area is 150 Å². The maximum absolute atomic E-state index is 12.5. The maximum atomic E-state index is 12.5. The van der Waals surface area contributed by atoms with Crippen LogP contribution in [0.1, 0.15) is 25.3 Å². The number of ether oxygens (including phenoxy) is 3. The van der Waals surface area contributed by atoms with E-state index in [0.29, 0.717) is 11.3 Å². The number of carbonyl (C=O) groups is 2. The number of benzene rings is 1. The summed E-state index contributed by atoms with van der Waals surface area (Å²) in [6.45, 7) is 3.04. The molecule has 26 heavy (non-hydrogen) atoms.